The molecule has 5 rings (SSSR count). The molecule has 3 aliphatic rings. The number of aromatic nitrogens is 2. The summed E-state index contributed by atoms with van der Waals surface area (Å²) in [4.78, 5) is 36.1. The van der Waals surface area contributed by atoms with Crippen molar-refractivity contribution in [3.63, 3.8) is 0 Å². The topological polar surface area (TPSA) is 96.5 Å². The molecule has 2 fully saturated rings. The third kappa shape index (κ3) is 4.68. The van der Waals surface area contributed by atoms with E-state index in [0.717, 1.165) is 56.4 Å². The van der Waals surface area contributed by atoms with Gasteiger partial charge in [0.2, 0.25) is 11.9 Å². The molecule has 1 aliphatic carbocycles. The molecule has 174 valence electrons. The molecule has 2 aromatic rings. The highest BCUT2D eigenvalue weighted by molar-refractivity contribution is 6.33. The van der Waals surface area contributed by atoms with E-state index in [0.29, 0.717) is 28.8 Å². The molecular weight excluding hydrogens is 442 g/mol. The predicted molar refractivity (Wildman–Crippen MR) is 125 cm³/mol. The molecule has 2 N–H and O–H groups in total. The van der Waals surface area contributed by atoms with Gasteiger partial charge in [-0.05, 0) is 50.7 Å². The summed E-state index contributed by atoms with van der Waals surface area (Å²) in [7, 11) is 0. The lowest BCUT2D eigenvalue weighted by atomic mass is 9.78. The minimum Gasteiger partial charge on any atom is -0.381 e. The number of benzene rings is 1. The van der Waals surface area contributed by atoms with E-state index in [-0.39, 0.29) is 29.9 Å². The zero-order valence-electron chi connectivity index (χ0n) is 18.7. The Bertz CT molecular complexity index is 1080. The summed E-state index contributed by atoms with van der Waals surface area (Å²) in [6.45, 7) is 3.98. The van der Waals surface area contributed by atoms with Gasteiger partial charge in [0.25, 0.3) is 5.91 Å². The van der Waals surface area contributed by atoms with E-state index >= 15 is 0 Å². The van der Waals surface area contributed by atoms with Crippen molar-refractivity contribution < 1.29 is 14.3 Å². The molecule has 1 saturated carbocycles. The van der Waals surface area contributed by atoms with Gasteiger partial charge in [0.15, 0.2) is 0 Å². The molecular formula is C24H28ClN5O3. The second-order valence-electron chi connectivity index (χ2n) is 9.42. The number of nitrogens with zero attached hydrogens (tertiary/aromatic N) is 3. The number of carbonyl (C=O) groups excluding carboxylic acids is 2. The second kappa shape index (κ2) is 8.91. The third-order valence-corrected chi connectivity index (χ3v) is 7.07. The summed E-state index contributed by atoms with van der Waals surface area (Å²) in [6, 6.07) is 5.90. The first-order valence-corrected chi connectivity index (χ1v) is 11.9. The molecule has 8 nitrogen and oxygen atoms in total. The lowest BCUT2D eigenvalue weighted by Gasteiger charge is -2.39. The summed E-state index contributed by atoms with van der Waals surface area (Å²) in [5, 5.41) is 6.84. The van der Waals surface area contributed by atoms with E-state index in [1.54, 1.807) is 11.1 Å². The van der Waals surface area contributed by atoms with Crippen LogP contribution < -0.4 is 10.6 Å². The normalized spacial score (nSPS) is 19.7. The van der Waals surface area contributed by atoms with E-state index in [4.69, 9.17) is 16.3 Å². The Morgan fingerprint density at radius 2 is 2.09 bits per heavy atom. The molecule has 0 atom stereocenters. The molecule has 0 bridgehead atoms. The average Bonchev–Trinajstić information content (AvgIpc) is 3.09. The van der Waals surface area contributed by atoms with E-state index in [1.165, 1.54) is 0 Å². The molecule has 0 spiro atoms. The molecule has 9 heteroatoms. The van der Waals surface area contributed by atoms with E-state index in [9.17, 15) is 9.59 Å². The van der Waals surface area contributed by atoms with E-state index in [2.05, 4.69) is 27.5 Å². The summed E-state index contributed by atoms with van der Waals surface area (Å²) >= 11 is 6.42. The Labute approximate surface area is 198 Å². The molecule has 2 amide bonds. The number of rotatable bonds is 6. The number of carbonyl (C=O) groups is 2. The molecule has 1 saturated heterocycles. The maximum absolute atomic E-state index is 13.0. The molecule has 0 unspecified atom stereocenters. The molecule has 1 aromatic carbocycles. The number of hydrogen-bond acceptors (Lipinski definition) is 6. The lowest BCUT2D eigenvalue weighted by molar-refractivity contribution is -0.124. The van der Waals surface area contributed by atoms with Crippen molar-refractivity contribution >= 4 is 29.4 Å². The maximum Gasteiger partial charge on any atom is 0.254 e. The van der Waals surface area contributed by atoms with Crippen molar-refractivity contribution in [2.24, 2.45) is 0 Å². The SMILES string of the molecule is CC1(NC(=O)CN2Cc3ccc(-c4nc(NC5CCOCC5)ncc4Cl)cc3C2=O)CCC1. The van der Waals surface area contributed by atoms with Gasteiger partial charge in [-0.15, -0.1) is 0 Å². The predicted octanol–water partition coefficient (Wildman–Crippen LogP) is 3.40. The number of nitrogens with one attached hydrogen (secondary N) is 2. The van der Waals surface area contributed by atoms with Gasteiger partial charge in [-0.2, -0.15) is 0 Å². The van der Waals surface area contributed by atoms with Crippen LogP contribution in [0.5, 0.6) is 0 Å². The van der Waals surface area contributed by atoms with Crippen molar-refractivity contribution in [2.45, 2.75) is 57.2 Å². The summed E-state index contributed by atoms with van der Waals surface area (Å²) < 4.78 is 5.40. The van der Waals surface area contributed by atoms with Gasteiger partial charge in [0.05, 0.1) is 16.9 Å². The smallest absolute Gasteiger partial charge is 0.254 e. The van der Waals surface area contributed by atoms with Gasteiger partial charge in [0.1, 0.15) is 6.54 Å². The van der Waals surface area contributed by atoms with Crippen LogP contribution in [0.4, 0.5) is 5.95 Å². The summed E-state index contributed by atoms with van der Waals surface area (Å²) in [5.41, 5.74) is 2.68. The van der Waals surface area contributed by atoms with Crippen LogP contribution in [-0.4, -0.2) is 58.0 Å². The van der Waals surface area contributed by atoms with Gasteiger partial charge < -0.3 is 20.3 Å². The number of anilines is 1. The third-order valence-electron chi connectivity index (χ3n) is 6.79. The second-order valence-corrected chi connectivity index (χ2v) is 9.82. The Kier molecular flexibility index (Phi) is 5.97. The lowest BCUT2D eigenvalue weighted by Crippen LogP contribution is -2.53. The van der Waals surface area contributed by atoms with Crippen LogP contribution in [0.2, 0.25) is 5.02 Å². The van der Waals surface area contributed by atoms with Crippen LogP contribution in [0, 0.1) is 0 Å². The average molecular weight is 470 g/mol. The summed E-state index contributed by atoms with van der Waals surface area (Å²) in [5.74, 6) is 0.253. The molecule has 0 radical (unpaired) electrons. The van der Waals surface area contributed by atoms with Crippen LogP contribution in [0.15, 0.2) is 24.4 Å². The monoisotopic (exact) mass is 469 g/mol. The Hall–Kier alpha value is -2.71. The fraction of sp³-hybridized carbons (Fsp3) is 0.500. The van der Waals surface area contributed by atoms with Gasteiger partial charge in [0, 0.05) is 42.5 Å². The van der Waals surface area contributed by atoms with Crippen LogP contribution in [0.1, 0.15) is 54.9 Å². The van der Waals surface area contributed by atoms with Crippen LogP contribution in [0.3, 0.4) is 0 Å². The number of hydrogen-bond donors (Lipinski definition) is 2. The molecule has 2 aliphatic heterocycles. The van der Waals surface area contributed by atoms with Crippen molar-refractivity contribution in [3.8, 4) is 11.3 Å². The van der Waals surface area contributed by atoms with Gasteiger partial charge >= 0.3 is 0 Å². The van der Waals surface area contributed by atoms with E-state index in [1.807, 2.05) is 18.2 Å². The number of fused-ring (bicyclic) bond motifs is 1. The number of ether oxygens (including phenoxy) is 1. The fourth-order valence-electron chi connectivity index (χ4n) is 4.68. The van der Waals surface area contributed by atoms with Crippen molar-refractivity contribution in [1.29, 1.82) is 0 Å². The minimum absolute atomic E-state index is 0.0614. The zero-order valence-corrected chi connectivity index (χ0v) is 19.5. The van der Waals surface area contributed by atoms with Crippen molar-refractivity contribution in [3.05, 3.63) is 40.5 Å². The molecule has 3 heterocycles. The van der Waals surface area contributed by atoms with Crippen molar-refractivity contribution in [1.82, 2.24) is 20.2 Å². The Balaban J connectivity index is 1.31. The van der Waals surface area contributed by atoms with Gasteiger partial charge in [-0.25, -0.2) is 9.97 Å². The van der Waals surface area contributed by atoms with Gasteiger partial charge in [-0.3, -0.25) is 9.59 Å². The first-order chi connectivity index (χ1) is 15.9. The molecule has 33 heavy (non-hydrogen) atoms. The Morgan fingerprint density at radius 1 is 1.30 bits per heavy atom. The highest BCUT2D eigenvalue weighted by atomic mass is 35.5. The largest absolute Gasteiger partial charge is 0.381 e. The van der Waals surface area contributed by atoms with Crippen molar-refractivity contribution in [2.75, 3.05) is 25.1 Å². The van der Waals surface area contributed by atoms with E-state index < -0.39 is 0 Å². The fourth-order valence-corrected chi connectivity index (χ4v) is 4.88. The van der Waals surface area contributed by atoms with Crippen LogP contribution in [0.25, 0.3) is 11.3 Å². The quantitative estimate of drug-likeness (QED) is 0.673. The van der Waals surface area contributed by atoms with Crippen LogP contribution in [-0.2, 0) is 16.1 Å². The zero-order chi connectivity index (χ0) is 23.0. The highest BCUT2D eigenvalue weighted by Gasteiger charge is 2.35. The first kappa shape index (κ1) is 22.1. The summed E-state index contributed by atoms with van der Waals surface area (Å²) in [6.07, 6.45) is 6.49. The highest BCUT2D eigenvalue weighted by Crippen LogP contribution is 2.33. The number of amides is 2. The first-order valence-electron chi connectivity index (χ1n) is 11.5. The molecule has 1 aromatic heterocycles. The van der Waals surface area contributed by atoms with Crippen LogP contribution >= 0.6 is 11.6 Å². The Morgan fingerprint density at radius 3 is 2.82 bits per heavy atom. The minimum atomic E-state index is -0.147. The van der Waals surface area contributed by atoms with Gasteiger partial charge in [-0.1, -0.05) is 23.7 Å². The standard InChI is InChI=1S/C24H28ClN5O3/c1-24(7-2-8-24)29-20(31)14-30-13-16-4-3-15(11-18(16)22(30)32)21-19(25)12-26-23(28-21)27-17-5-9-33-10-6-17/h3-4,11-12,17H,2,5-10,13-14H2,1H3,(H,29,31)(H,26,27,28). The maximum atomic E-state index is 13.0. The number of halogens is 1.